The molecule has 6 nitrogen and oxygen atoms in total. The maximum absolute atomic E-state index is 12.8. The Hall–Kier alpha value is -3.64. The predicted molar refractivity (Wildman–Crippen MR) is 101 cm³/mol. The van der Waals surface area contributed by atoms with E-state index in [2.05, 4.69) is 10.5 Å². The number of hydrogen-bond donors (Lipinski definition) is 4. The highest BCUT2D eigenvalue weighted by atomic mass is 16.3. The number of phenols is 2. The molecule has 27 heavy (non-hydrogen) atoms. The van der Waals surface area contributed by atoms with Crippen LogP contribution in [0.4, 0.5) is 0 Å². The number of amides is 1. The highest BCUT2D eigenvalue weighted by molar-refractivity contribution is 5.91. The summed E-state index contributed by atoms with van der Waals surface area (Å²) in [5.41, 5.74) is 1.48. The van der Waals surface area contributed by atoms with Gasteiger partial charge in [-0.3, -0.25) is 4.79 Å². The first kappa shape index (κ1) is 18.2. The molecule has 4 N–H and O–H groups in total. The molecule has 0 aliphatic heterocycles. The van der Waals surface area contributed by atoms with Crippen molar-refractivity contribution in [3.05, 3.63) is 95.6 Å². The zero-order chi connectivity index (χ0) is 19.3. The summed E-state index contributed by atoms with van der Waals surface area (Å²) in [4.78, 5) is 12.8. The minimum atomic E-state index is -1.93. The Bertz CT molecular complexity index is 917. The first-order valence-corrected chi connectivity index (χ1v) is 8.20. The quantitative estimate of drug-likeness (QED) is 0.414. The number of carbonyl (C=O) groups excluding carboxylic acids is 1. The van der Waals surface area contributed by atoms with Gasteiger partial charge in [-0.15, -0.1) is 0 Å². The van der Waals surface area contributed by atoms with E-state index in [1.54, 1.807) is 60.7 Å². The Kier molecular flexibility index (Phi) is 5.19. The topological polar surface area (TPSA) is 102 Å². The minimum Gasteiger partial charge on any atom is -0.508 e. The van der Waals surface area contributed by atoms with E-state index < -0.39 is 11.5 Å². The van der Waals surface area contributed by atoms with Crippen LogP contribution < -0.4 is 5.43 Å². The molecule has 0 fully saturated rings. The van der Waals surface area contributed by atoms with Gasteiger partial charge in [0.1, 0.15) is 11.5 Å². The van der Waals surface area contributed by atoms with Gasteiger partial charge in [-0.25, -0.2) is 5.43 Å². The summed E-state index contributed by atoms with van der Waals surface area (Å²) in [5.74, 6) is -1.01. The minimum absolute atomic E-state index is 0.0868. The lowest BCUT2D eigenvalue weighted by Crippen LogP contribution is -2.43. The molecule has 136 valence electrons. The second kappa shape index (κ2) is 7.72. The molecular weight excluding hydrogens is 344 g/mol. The van der Waals surface area contributed by atoms with E-state index in [-0.39, 0.29) is 11.5 Å². The smallest absolute Gasteiger partial charge is 0.281 e. The van der Waals surface area contributed by atoms with Crippen molar-refractivity contribution >= 4 is 12.1 Å². The summed E-state index contributed by atoms with van der Waals surface area (Å²) in [6.07, 6.45) is 1.23. The van der Waals surface area contributed by atoms with Crippen LogP contribution in [-0.2, 0) is 10.4 Å². The average molecular weight is 362 g/mol. The summed E-state index contributed by atoms with van der Waals surface area (Å²) in [7, 11) is 0. The highest BCUT2D eigenvalue weighted by Gasteiger charge is 2.39. The van der Waals surface area contributed by atoms with Gasteiger partial charge in [0, 0.05) is 11.6 Å². The summed E-state index contributed by atoms with van der Waals surface area (Å²) in [6.45, 7) is 0. The van der Waals surface area contributed by atoms with Crippen LogP contribution in [0, 0.1) is 0 Å². The van der Waals surface area contributed by atoms with Crippen molar-refractivity contribution in [3.63, 3.8) is 0 Å². The fourth-order valence-electron chi connectivity index (χ4n) is 2.67. The molecule has 3 aromatic carbocycles. The summed E-state index contributed by atoms with van der Waals surface area (Å²) in [6, 6.07) is 21.1. The zero-order valence-corrected chi connectivity index (χ0v) is 14.3. The van der Waals surface area contributed by atoms with E-state index in [1.807, 2.05) is 0 Å². The van der Waals surface area contributed by atoms with Gasteiger partial charge in [0.2, 0.25) is 0 Å². The van der Waals surface area contributed by atoms with Crippen molar-refractivity contribution in [1.82, 2.24) is 5.43 Å². The van der Waals surface area contributed by atoms with Gasteiger partial charge in [-0.05, 0) is 23.3 Å². The van der Waals surface area contributed by atoms with Crippen molar-refractivity contribution in [2.75, 3.05) is 0 Å². The number of aromatic hydroxyl groups is 2. The SMILES string of the molecule is O=C(N/N=C\c1ccc(O)cc1O)C(O)(c1ccccc1)c1ccccc1. The Morgan fingerprint density at radius 3 is 1.96 bits per heavy atom. The largest absolute Gasteiger partial charge is 0.508 e. The first-order valence-electron chi connectivity index (χ1n) is 8.20. The number of nitrogens with one attached hydrogen (secondary N) is 1. The number of hydrogen-bond acceptors (Lipinski definition) is 5. The number of rotatable bonds is 5. The molecule has 3 rings (SSSR count). The van der Waals surface area contributed by atoms with Crippen LogP contribution >= 0.6 is 0 Å². The van der Waals surface area contributed by atoms with Crippen LogP contribution in [0.3, 0.4) is 0 Å². The Morgan fingerprint density at radius 1 is 0.889 bits per heavy atom. The average Bonchev–Trinajstić information content (AvgIpc) is 2.70. The van der Waals surface area contributed by atoms with Crippen LogP contribution in [0.25, 0.3) is 0 Å². The molecule has 3 aromatic rings. The van der Waals surface area contributed by atoms with Crippen molar-refractivity contribution in [3.8, 4) is 11.5 Å². The Labute approximate surface area is 156 Å². The Morgan fingerprint density at radius 2 is 1.44 bits per heavy atom. The molecule has 0 unspecified atom stereocenters. The fourth-order valence-corrected chi connectivity index (χ4v) is 2.67. The molecule has 0 spiro atoms. The predicted octanol–water partition coefficient (Wildman–Crippen LogP) is 2.48. The van der Waals surface area contributed by atoms with Crippen LogP contribution in [0.1, 0.15) is 16.7 Å². The maximum Gasteiger partial charge on any atom is 0.281 e. The van der Waals surface area contributed by atoms with Crippen molar-refractivity contribution in [1.29, 1.82) is 0 Å². The molecule has 0 aliphatic rings. The summed E-state index contributed by atoms with van der Waals surface area (Å²) < 4.78 is 0. The molecule has 0 aromatic heterocycles. The number of phenolic OH excluding ortho intramolecular Hbond substituents is 2. The lowest BCUT2D eigenvalue weighted by Gasteiger charge is -2.27. The van der Waals surface area contributed by atoms with E-state index in [0.29, 0.717) is 16.7 Å². The number of carbonyl (C=O) groups is 1. The zero-order valence-electron chi connectivity index (χ0n) is 14.3. The molecule has 0 saturated carbocycles. The molecule has 0 saturated heterocycles. The molecule has 6 heteroatoms. The van der Waals surface area contributed by atoms with E-state index in [4.69, 9.17) is 0 Å². The molecule has 0 heterocycles. The second-order valence-corrected chi connectivity index (χ2v) is 5.88. The third kappa shape index (κ3) is 3.80. The molecule has 1 amide bonds. The fraction of sp³-hybridized carbons (Fsp3) is 0.0476. The van der Waals surface area contributed by atoms with Gasteiger partial charge in [0.15, 0.2) is 5.60 Å². The normalized spacial score (nSPS) is 11.4. The van der Waals surface area contributed by atoms with Gasteiger partial charge in [-0.1, -0.05) is 60.7 Å². The van der Waals surface area contributed by atoms with Crippen LogP contribution in [0.5, 0.6) is 11.5 Å². The number of benzene rings is 3. The van der Waals surface area contributed by atoms with Gasteiger partial charge >= 0.3 is 0 Å². The van der Waals surface area contributed by atoms with Crippen LogP contribution in [0.15, 0.2) is 84.0 Å². The van der Waals surface area contributed by atoms with E-state index in [9.17, 15) is 20.1 Å². The highest BCUT2D eigenvalue weighted by Crippen LogP contribution is 2.30. The molecule has 0 aliphatic carbocycles. The van der Waals surface area contributed by atoms with E-state index >= 15 is 0 Å². The maximum atomic E-state index is 12.8. The van der Waals surface area contributed by atoms with Crippen molar-refractivity contribution in [2.45, 2.75) is 5.60 Å². The number of nitrogens with zero attached hydrogens (tertiary/aromatic N) is 1. The summed E-state index contributed by atoms with van der Waals surface area (Å²) in [5, 5.41) is 34.1. The van der Waals surface area contributed by atoms with Crippen LogP contribution in [-0.4, -0.2) is 27.4 Å². The first-order chi connectivity index (χ1) is 13.0. The molecule has 0 atom stereocenters. The Balaban J connectivity index is 1.89. The second-order valence-electron chi connectivity index (χ2n) is 5.88. The third-order valence-corrected chi connectivity index (χ3v) is 4.10. The van der Waals surface area contributed by atoms with Gasteiger partial charge in [0.25, 0.3) is 5.91 Å². The monoisotopic (exact) mass is 362 g/mol. The van der Waals surface area contributed by atoms with Gasteiger partial charge in [0.05, 0.1) is 6.21 Å². The number of aliphatic hydroxyl groups is 1. The molecule has 0 bridgehead atoms. The number of hydrazone groups is 1. The third-order valence-electron chi connectivity index (χ3n) is 4.10. The lowest BCUT2D eigenvalue weighted by atomic mass is 9.85. The van der Waals surface area contributed by atoms with Gasteiger partial charge < -0.3 is 15.3 Å². The lowest BCUT2D eigenvalue weighted by molar-refractivity contribution is -0.136. The van der Waals surface area contributed by atoms with Crippen molar-refractivity contribution in [2.24, 2.45) is 5.10 Å². The molecule has 0 radical (unpaired) electrons. The molecular formula is C21H18N2O4. The van der Waals surface area contributed by atoms with Gasteiger partial charge in [-0.2, -0.15) is 5.10 Å². The standard InChI is InChI=1S/C21H18N2O4/c24-18-12-11-15(19(25)13-18)14-22-23-20(26)21(27,16-7-3-1-4-8-16)17-9-5-2-6-10-17/h1-14,24-25,27H,(H,23,26)/b22-14-. The van der Waals surface area contributed by atoms with E-state index in [1.165, 1.54) is 18.3 Å². The van der Waals surface area contributed by atoms with Crippen molar-refractivity contribution < 1.29 is 20.1 Å². The van der Waals surface area contributed by atoms with Crippen LogP contribution in [0.2, 0.25) is 0 Å². The van der Waals surface area contributed by atoms with E-state index in [0.717, 1.165) is 6.07 Å². The summed E-state index contributed by atoms with van der Waals surface area (Å²) >= 11 is 0.